The maximum atomic E-state index is 6.14. The second-order valence-corrected chi connectivity index (χ2v) is 4.63. The first-order valence-corrected chi connectivity index (χ1v) is 5.86. The van der Waals surface area contributed by atoms with E-state index in [2.05, 4.69) is 29.1 Å². The lowest BCUT2D eigenvalue weighted by molar-refractivity contribution is 0.662. The molecular formula is C11H16ClN3. The zero-order chi connectivity index (χ0) is 10.8. The van der Waals surface area contributed by atoms with E-state index in [4.69, 9.17) is 11.6 Å². The standard InChI is InChI=1S/C11H16ClN3/c1-7(2)13-11-14-9-6-4-3-5-8(9)10(12)15-11/h7H,3-6H2,1-2H3,(H,13,14,15). The summed E-state index contributed by atoms with van der Waals surface area (Å²) in [6.45, 7) is 4.13. The van der Waals surface area contributed by atoms with E-state index in [-0.39, 0.29) is 0 Å². The lowest BCUT2D eigenvalue weighted by Gasteiger charge is -2.17. The topological polar surface area (TPSA) is 37.8 Å². The molecule has 0 spiro atoms. The number of aromatic nitrogens is 2. The molecule has 0 amide bonds. The minimum atomic E-state index is 0.336. The molecule has 0 saturated carbocycles. The zero-order valence-electron chi connectivity index (χ0n) is 9.18. The highest BCUT2D eigenvalue weighted by Crippen LogP contribution is 2.26. The summed E-state index contributed by atoms with van der Waals surface area (Å²) in [5.41, 5.74) is 2.28. The van der Waals surface area contributed by atoms with Crippen LogP contribution in [0.25, 0.3) is 0 Å². The highest BCUT2D eigenvalue weighted by Gasteiger charge is 2.16. The smallest absolute Gasteiger partial charge is 0.224 e. The molecule has 0 radical (unpaired) electrons. The fraction of sp³-hybridized carbons (Fsp3) is 0.636. The molecule has 4 heteroatoms. The number of aryl methyl sites for hydroxylation is 1. The fourth-order valence-corrected chi connectivity index (χ4v) is 2.15. The first-order valence-electron chi connectivity index (χ1n) is 5.48. The number of hydrogen-bond acceptors (Lipinski definition) is 3. The molecule has 0 saturated heterocycles. The van der Waals surface area contributed by atoms with Crippen molar-refractivity contribution >= 4 is 17.5 Å². The Hall–Kier alpha value is -0.830. The molecule has 0 aromatic carbocycles. The molecule has 2 rings (SSSR count). The summed E-state index contributed by atoms with van der Waals surface area (Å²) in [5.74, 6) is 0.663. The van der Waals surface area contributed by atoms with Gasteiger partial charge in [-0.2, -0.15) is 0 Å². The Kier molecular flexibility index (Phi) is 3.10. The summed E-state index contributed by atoms with van der Waals surface area (Å²) in [6.07, 6.45) is 4.47. The third-order valence-electron chi connectivity index (χ3n) is 2.55. The normalized spacial score (nSPS) is 15.2. The molecule has 1 aliphatic carbocycles. The highest BCUT2D eigenvalue weighted by molar-refractivity contribution is 6.30. The number of fused-ring (bicyclic) bond motifs is 1. The van der Waals surface area contributed by atoms with Crippen molar-refractivity contribution in [3.63, 3.8) is 0 Å². The van der Waals surface area contributed by atoms with Gasteiger partial charge in [-0.1, -0.05) is 11.6 Å². The van der Waals surface area contributed by atoms with Crippen molar-refractivity contribution in [2.75, 3.05) is 5.32 Å². The largest absolute Gasteiger partial charge is 0.352 e. The van der Waals surface area contributed by atoms with Crippen LogP contribution in [0.15, 0.2) is 0 Å². The van der Waals surface area contributed by atoms with E-state index in [1.54, 1.807) is 0 Å². The van der Waals surface area contributed by atoms with E-state index in [9.17, 15) is 0 Å². The van der Waals surface area contributed by atoms with Crippen LogP contribution in [0.3, 0.4) is 0 Å². The minimum Gasteiger partial charge on any atom is -0.352 e. The van der Waals surface area contributed by atoms with Gasteiger partial charge in [-0.15, -0.1) is 0 Å². The monoisotopic (exact) mass is 225 g/mol. The SMILES string of the molecule is CC(C)Nc1nc(Cl)c2c(n1)CCCC2. The van der Waals surface area contributed by atoms with Gasteiger partial charge in [0.15, 0.2) is 0 Å². The molecule has 1 aromatic heterocycles. The Balaban J connectivity index is 2.32. The van der Waals surface area contributed by atoms with Crippen molar-refractivity contribution in [3.8, 4) is 0 Å². The van der Waals surface area contributed by atoms with Crippen molar-refractivity contribution in [2.45, 2.75) is 45.6 Å². The average Bonchev–Trinajstić information content (AvgIpc) is 2.16. The van der Waals surface area contributed by atoms with E-state index in [0.29, 0.717) is 17.1 Å². The molecule has 0 bridgehead atoms. The van der Waals surface area contributed by atoms with Crippen LogP contribution >= 0.6 is 11.6 Å². The zero-order valence-corrected chi connectivity index (χ0v) is 9.93. The molecule has 1 aliphatic rings. The van der Waals surface area contributed by atoms with E-state index in [1.165, 1.54) is 12.8 Å². The lowest BCUT2D eigenvalue weighted by atomic mass is 9.97. The first kappa shape index (κ1) is 10.7. The van der Waals surface area contributed by atoms with Gasteiger partial charge in [-0.05, 0) is 39.5 Å². The Morgan fingerprint density at radius 1 is 1.20 bits per heavy atom. The van der Waals surface area contributed by atoms with Gasteiger partial charge >= 0.3 is 0 Å². The quantitative estimate of drug-likeness (QED) is 0.787. The number of nitrogens with one attached hydrogen (secondary N) is 1. The van der Waals surface area contributed by atoms with Crippen LogP contribution in [0.2, 0.25) is 5.15 Å². The van der Waals surface area contributed by atoms with Gasteiger partial charge in [0.1, 0.15) is 5.15 Å². The van der Waals surface area contributed by atoms with Crippen LogP contribution in [0.4, 0.5) is 5.95 Å². The third-order valence-corrected chi connectivity index (χ3v) is 2.86. The summed E-state index contributed by atoms with van der Waals surface area (Å²) in [5, 5.41) is 3.82. The van der Waals surface area contributed by atoms with Crippen molar-refractivity contribution < 1.29 is 0 Å². The predicted molar refractivity (Wildman–Crippen MR) is 62.4 cm³/mol. The van der Waals surface area contributed by atoms with Crippen LogP contribution < -0.4 is 5.32 Å². The first-order chi connectivity index (χ1) is 7.16. The Morgan fingerprint density at radius 2 is 1.93 bits per heavy atom. The Bertz CT molecular complexity index is 363. The molecule has 0 atom stereocenters. The van der Waals surface area contributed by atoms with Crippen molar-refractivity contribution in [1.82, 2.24) is 9.97 Å². The molecule has 1 N–H and O–H groups in total. The highest BCUT2D eigenvalue weighted by atomic mass is 35.5. The van der Waals surface area contributed by atoms with Crippen LogP contribution in [-0.4, -0.2) is 16.0 Å². The van der Waals surface area contributed by atoms with E-state index >= 15 is 0 Å². The predicted octanol–water partition coefficient (Wildman–Crippen LogP) is 2.83. The molecule has 3 nitrogen and oxygen atoms in total. The van der Waals surface area contributed by atoms with Crippen LogP contribution in [0.1, 0.15) is 37.9 Å². The molecule has 0 unspecified atom stereocenters. The third kappa shape index (κ3) is 2.40. The Morgan fingerprint density at radius 3 is 2.67 bits per heavy atom. The lowest BCUT2D eigenvalue weighted by Crippen LogP contribution is -2.16. The average molecular weight is 226 g/mol. The number of hydrogen-bond donors (Lipinski definition) is 1. The second-order valence-electron chi connectivity index (χ2n) is 4.27. The summed E-state index contributed by atoms with van der Waals surface area (Å²) >= 11 is 6.14. The van der Waals surface area contributed by atoms with Gasteiger partial charge < -0.3 is 5.32 Å². The molecule has 15 heavy (non-hydrogen) atoms. The van der Waals surface area contributed by atoms with Gasteiger partial charge in [-0.25, -0.2) is 9.97 Å². The Labute approximate surface area is 95.3 Å². The number of anilines is 1. The molecule has 1 heterocycles. The summed E-state index contributed by atoms with van der Waals surface area (Å²) in [6, 6.07) is 0.336. The maximum absolute atomic E-state index is 6.14. The van der Waals surface area contributed by atoms with Gasteiger partial charge in [0, 0.05) is 11.6 Å². The van der Waals surface area contributed by atoms with E-state index in [1.807, 2.05) is 0 Å². The number of rotatable bonds is 2. The second kappa shape index (κ2) is 4.35. The summed E-state index contributed by atoms with van der Waals surface area (Å²) in [7, 11) is 0. The number of nitrogens with zero attached hydrogens (tertiary/aromatic N) is 2. The summed E-state index contributed by atoms with van der Waals surface area (Å²) in [4.78, 5) is 8.78. The molecule has 0 fully saturated rings. The van der Waals surface area contributed by atoms with Crippen molar-refractivity contribution in [1.29, 1.82) is 0 Å². The van der Waals surface area contributed by atoms with E-state index in [0.717, 1.165) is 24.1 Å². The van der Waals surface area contributed by atoms with Crippen LogP contribution in [0, 0.1) is 0 Å². The molecule has 82 valence electrons. The molecular weight excluding hydrogens is 210 g/mol. The van der Waals surface area contributed by atoms with Crippen molar-refractivity contribution in [3.05, 3.63) is 16.4 Å². The van der Waals surface area contributed by atoms with Crippen LogP contribution in [0.5, 0.6) is 0 Å². The van der Waals surface area contributed by atoms with Gasteiger partial charge in [0.05, 0.1) is 5.69 Å². The number of halogens is 1. The van der Waals surface area contributed by atoms with Gasteiger partial charge in [-0.3, -0.25) is 0 Å². The summed E-state index contributed by atoms with van der Waals surface area (Å²) < 4.78 is 0. The van der Waals surface area contributed by atoms with Crippen LogP contribution in [-0.2, 0) is 12.8 Å². The van der Waals surface area contributed by atoms with Gasteiger partial charge in [0.25, 0.3) is 0 Å². The maximum Gasteiger partial charge on any atom is 0.224 e. The van der Waals surface area contributed by atoms with Crippen molar-refractivity contribution in [2.24, 2.45) is 0 Å². The minimum absolute atomic E-state index is 0.336. The van der Waals surface area contributed by atoms with E-state index < -0.39 is 0 Å². The fourth-order valence-electron chi connectivity index (χ4n) is 1.87. The van der Waals surface area contributed by atoms with Gasteiger partial charge in [0.2, 0.25) is 5.95 Å². The molecule has 1 aromatic rings. The molecule has 0 aliphatic heterocycles.